The van der Waals surface area contributed by atoms with Crippen molar-refractivity contribution >= 4 is 0 Å². The van der Waals surface area contributed by atoms with Crippen LogP contribution >= 0.6 is 0 Å². The Morgan fingerprint density at radius 2 is 1.79 bits per heavy atom. The molecule has 0 aromatic heterocycles. The number of rotatable bonds is 2. The van der Waals surface area contributed by atoms with E-state index >= 15 is 0 Å². The van der Waals surface area contributed by atoms with Gasteiger partial charge in [0.15, 0.2) is 0 Å². The second kappa shape index (κ2) is 3.49. The molecule has 2 heteroatoms. The highest BCUT2D eigenvalue weighted by Gasteiger charge is 2.36. The Kier molecular flexibility index (Phi) is 2.61. The molecule has 1 aliphatic heterocycles. The van der Waals surface area contributed by atoms with Crippen molar-refractivity contribution in [3.8, 4) is 0 Å². The Morgan fingerprint density at radius 1 is 1.14 bits per heavy atom. The molecule has 1 N–H and O–H groups in total. The van der Waals surface area contributed by atoms with Gasteiger partial charge >= 0.3 is 0 Å². The fourth-order valence-corrected chi connectivity index (χ4v) is 3.10. The summed E-state index contributed by atoms with van der Waals surface area (Å²) in [7, 11) is 0. The third-order valence-corrected chi connectivity index (χ3v) is 3.95. The van der Waals surface area contributed by atoms with Crippen LogP contribution in [0.25, 0.3) is 0 Å². The van der Waals surface area contributed by atoms with Crippen LogP contribution in [-0.2, 0) is 0 Å². The summed E-state index contributed by atoms with van der Waals surface area (Å²) in [5, 5.41) is 9.88. The van der Waals surface area contributed by atoms with Crippen LogP contribution in [0.5, 0.6) is 0 Å². The first kappa shape index (κ1) is 10.4. The van der Waals surface area contributed by atoms with Crippen molar-refractivity contribution in [1.29, 1.82) is 0 Å². The molecule has 1 unspecified atom stereocenters. The third-order valence-electron chi connectivity index (χ3n) is 3.95. The lowest BCUT2D eigenvalue weighted by Crippen LogP contribution is -2.36. The van der Waals surface area contributed by atoms with Gasteiger partial charge in [-0.1, -0.05) is 19.8 Å². The van der Waals surface area contributed by atoms with Crippen molar-refractivity contribution in [3.63, 3.8) is 0 Å². The molecule has 0 spiro atoms. The van der Waals surface area contributed by atoms with Gasteiger partial charge in [-0.3, -0.25) is 4.90 Å². The number of aliphatic hydroxyl groups is 1. The molecule has 82 valence electrons. The largest absolute Gasteiger partial charge is 0.389 e. The highest BCUT2D eigenvalue weighted by atomic mass is 16.3. The van der Waals surface area contributed by atoms with Crippen LogP contribution in [0.2, 0.25) is 0 Å². The van der Waals surface area contributed by atoms with Crippen LogP contribution in [0.4, 0.5) is 0 Å². The lowest BCUT2D eigenvalue weighted by molar-refractivity contribution is 0.0624. The van der Waals surface area contributed by atoms with E-state index < -0.39 is 5.60 Å². The van der Waals surface area contributed by atoms with Gasteiger partial charge in [0.1, 0.15) is 0 Å². The molecule has 14 heavy (non-hydrogen) atoms. The van der Waals surface area contributed by atoms with Gasteiger partial charge < -0.3 is 5.11 Å². The third kappa shape index (κ3) is 2.29. The zero-order valence-corrected chi connectivity index (χ0v) is 9.55. The summed E-state index contributed by atoms with van der Waals surface area (Å²) < 4.78 is 0. The average molecular weight is 197 g/mol. The molecule has 2 nitrogen and oxygen atoms in total. The maximum Gasteiger partial charge on any atom is 0.0758 e. The van der Waals surface area contributed by atoms with Crippen LogP contribution < -0.4 is 0 Å². The first-order valence-corrected chi connectivity index (χ1v) is 5.94. The van der Waals surface area contributed by atoms with E-state index in [-0.39, 0.29) is 0 Å². The van der Waals surface area contributed by atoms with E-state index in [1.165, 1.54) is 32.2 Å². The first-order chi connectivity index (χ1) is 6.49. The van der Waals surface area contributed by atoms with Crippen LogP contribution in [0.1, 0.15) is 46.0 Å². The normalized spacial score (nSPS) is 37.9. The minimum atomic E-state index is -0.422. The molecule has 0 amide bonds. The van der Waals surface area contributed by atoms with E-state index in [0.717, 1.165) is 19.5 Å². The van der Waals surface area contributed by atoms with Crippen molar-refractivity contribution in [3.05, 3.63) is 0 Å². The Hall–Kier alpha value is -0.0800. The SMILES string of the molecule is CC1(O)CCN(CC2(C)CCCC2)C1. The maximum atomic E-state index is 9.88. The van der Waals surface area contributed by atoms with Gasteiger partial charge in [0.05, 0.1) is 5.60 Å². The predicted octanol–water partition coefficient (Wildman–Crippen LogP) is 2.02. The van der Waals surface area contributed by atoms with E-state index in [1.54, 1.807) is 0 Å². The quantitative estimate of drug-likeness (QED) is 0.732. The number of likely N-dealkylation sites (tertiary alicyclic amines) is 1. The van der Waals surface area contributed by atoms with Gasteiger partial charge in [-0.15, -0.1) is 0 Å². The maximum absolute atomic E-state index is 9.88. The molecule has 1 saturated heterocycles. The Morgan fingerprint density at radius 3 is 2.29 bits per heavy atom. The molecule has 0 radical (unpaired) electrons. The molecule has 2 rings (SSSR count). The Balaban J connectivity index is 1.86. The zero-order chi connectivity index (χ0) is 10.2. The average Bonchev–Trinajstić information content (AvgIpc) is 2.59. The van der Waals surface area contributed by atoms with Crippen molar-refractivity contribution < 1.29 is 5.11 Å². The minimum Gasteiger partial charge on any atom is -0.389 e. The standard InChI is InChI=1S/C12H23NO/c1-11(5-3-4-6-11)9-13-8-7-12(2,14)10-13/h14H,3-10H2,1-2H3. The van der Waals surface area contributed by atoms with Crippen molar-refractivity contribution in [2.75, 3.05) is 19.6 Å². The summed E-state index contributed by atoms with van der Waals surface area (Å²) in [4.78, 5) is 2.45. The molecular weight excluding hydrogens is 174 g/mol. The fourth-order valence-electron chi connectivity index (χ4n) is 3.10. The molecule has 1 atom stereocenters. The smallest absolute Gasteiger partial charge is 0.0758 e. The van der Waals surface area contributed by atoms with Gasteiger partial charge in [-0.05, 0) is 31.6 Å². The summed E-state index contributed by atoms with van der Waals surface area (Å²) >= 11 is 0. The van der Waals surface area contributed by atoms with Gasteiger partial charge in [0, 0.05) is 19.6 Å². The van der Waals surface area contributed by atoms with Crippen LogP contribution in [0, 0.1) is 5.41 Å². The Labute approximate surface area is 87.3 Å². The molecule has 1 heterocycles. The van der Waals surface area contributed by atoms with Crippen molar-refractivity contribution in [2.45, 2.75) is 51.6 Å². The van der Waals surface area contributed by atoms with E-state index in [4.69, 9.17) is 0 Å². The molecule has 2 fully saturated rings. The first-order valence-electron chi connectivity index (χ1n) is 5.94. The highest BCUT2D eigenvalue weighted by Crippen LogP contribution is 2.39. The number of nitrogens with zero attached hydrogens (tertiary/aromatic N) is 1. The molecule has 1 aliphatic carbocycles. The molecule has 2 aliphatic rings. The van der Waals surface area contributed by atoms with Gasteiger partial charge in [0.25, 0.3) is 0 Å². The van der Waals surface area contributed by atoms with E-state index in [1.807, 2.05) is 6.92 Å². The van der Waals surface area contributed by atoms with E-state index in [2.05, 4.69) is 11.8 Å². The lowest BCUT2D eigenvalue weighted by atomic mass is 9.88. The van der Waals surface area contributed by atoms with Crippen LogP contribution in [0.15, 0.2) is 0 Å². The highest BCUT2D eigenvalue weighted by molar-refractivity contribution is 4.90. The summed E-state index contributed by atoms with van der Waals surface area (Å²) in [6.07, 6.45) is 6.52. The number of hydrogen-bond donors (Lipinski definition) is 1. The number of hydrogen-bond acceptors (Lipinski definition) is 2. The monoisotopic (exact) mass is 197 g/mol. The summed E-state index contributed by atoms with van der Waals surface area (Å²) in [6.45, 7) is 7.53. The molecule has 0 aromatic rings. The second-order valence-electron chi connectivity index (χ2n) is 5.98. The lowest BCUT2D eigenvalue weighted by Gasteiger charge is -2.30. The van der Waals surface area contributed by atoms with E-state index in [0.29, 0.717) is 5.41 Å². The second-order valence-corrected chi connectivity index (χ2v) is 5.98. The molecule has 1 saturated carbocycles. The summed E-state index contributed by atoms with van der Waals surface area (Å²) in [6, 6.07) is 0. The van der Waals surface area contributed by atoms with Gasteiger partial charge in [0.2, 0.25) is 0 Å². The van der Waals surface area contributed by atoms with Gasteiger partial charge in [-0.2, -0.15) is 0 Å². The zero-order valence-electron chi connectivity index (χ0n) is 9.55. The molecular formula is C12H23NO. The summed E-state index contributed by atoms with van der Waals surface area (Å²) in [5.74, 6) is 0. The van der Waals surface area contributed by atoms with Crippen molar-refractivity contribution in [1.82, 2.24) is 4.90 Å². The van der Waals surface area contributed by atoms with E-state index in [9.17, 15) is 5.11 Å². The predicted molar refractivity (Wildman–Crippen MR) is 58.3 cm³/mol. The topological polar surface area (TPSA) is 23.5 Å². The molecule has 0 aromatic carbocycles. The van der Waals surface area contributed by atoms with Crippen LogP contribution in [-0.4, -0.2) is 35.2 Å². The number of β-amino-alcohol motifs (C(OH)–C–C–N with tert-alkyl or cyclic N) is 1. The fraction of sp³-hybridized carbons (Fsp3) is 1.00. The summed E-state index contributed by atoms with van der Waals surface area (Å²) in [5.41, 5.74) is 0.120. The van der Waals surface area contributed by atoms with Crippen LogP contribution in [0.3, 0.4) is 0 Å². The minimum absolute atomic E-state index is 0.422. The van der Waals surface area contributed by atoms with Crippen molar-refractivity contribution in [2.24, 2.45) is 5.41 Å². The Bertz CT molecular complexity index is 206. The molecule has 0 bridgehead atoms. The van der Waals surface area contributed by atoms with Gasteiger partial charge in [-0.25, -0.2) is 0 Å².